The molecule has 108 valence electrons. The highest BCUT2D eigenvalue weighted by atomic mass is 32.1. The van der Waals surface area contributed by atoms with Crippen LogP contribution in [0.2, 0.25) is 0 Å². The number of carboxylic acids is 1. The van der Waals surface area contributed by atoms with E-state index >= 15 is 0 Å². The van der Waals surface area contributed by atoms with Gasteiger partial charge in [0.05, 0.1) is 15.2 Å². The van der Waals surface area contributed by atoms with Crippen LogP contribution in [-0.2, 0) is 4.79 Å². The zero-order valence-corrected chi connectivity index (χ0v) is 12.7. The molecule has 2 rings (SSSR count). The molecule has 20 heavy (non-hydrogen) atoms. The van der Waals surface area contributed by atoms with E-state index in [0.29, 0.717) is 18.1 Å². The summed E-state index contributed by atoms with van der Waals surface area (Å²) < 4.78 is 6.55. The average molecular weight is 293 g/mol. The molecule has 0 fully saturated rings. The van der Waals surface area contributed by atoms with Gasteiger partial charge in [-0.2, -0.15) is 0 Å². The number of aliphatic carboxylic acids is 1. The van der Waals surface area contributed by atoms with Gasteiger partial charge in [0.15, 0.2) is 6.10 Å². The zero-order chi connectivity index (χ0) is 14.7. The summed E-state index contributed by atoms with van der Waals surface area (Å²) >= 11 is 1.65. The lowest BCUT2D eigenvalue weighted by Crippen LogP contribution is -2.25. The van der Waals surface area contributed by atoms with Gasteiger partial charge in [-0.15, -0.1) is 11.3 Å². The molecule has 4 nitrogen and oxygen atoms in total. The Morgan fingerprint density at radius 3 is 2.75 bits per heavy atom. The largest absolute Gasteiger partial charge is 0.479 e. The molecule has 0 bridgehead atoms. The Morgan fingerprint density at radius 1 is 1.40 bits per heavy atom. The van der Waals surface area contributed by atoms with Crippen LogP contribution in [0.5, 0.6) is 5.75 Å². The molecular weight excluding hydrogens is 274 g/mol. The highest BCUT2D eigenvalue weighted by Crippen LogP contribution is 2.31. The summed E-state index contributed by atoms with van der Waals surface area (Å²) in [6, 6.07) is 5.56. The predicted octanol–water partition coefficient (Wildman–Crippen LogP) is 4.05. The summed E-state index contributed by atoms with van der Waals surface area (Å²) in [6.07, 6.45) is 0.697. The molecule has 0 amide bonds. The second kappa shape index (κ2) is 6.22. The Morgan fingerprint density at radius 2 is 2.15 bits per heavy atom. The van der Waals surface area contributed by atoms with Gasteiger partial charge in [0.1, 0.15) is 5.75 Å². The van der Waals surface area contributed by atoms with E-state index in [9.17, 15) is 4.79 Å². The number of fused-ring (bicyclic) bond motifs is 1. The number of nitrogens with zero attached hydrogens (tertiary/aromatic N) is 1. The SMILES string of the molecule is CCC(Oc1ccc2nc(C(C)CC)sc2c1)C(=O)O. The maximum absolute atomic E-state index is 11.0. The molecule has 0 aliphatic rings. The van der Waals surface area contributed by atoms with Gasteiger partial charge in [-0.1, -0.05) is 20.8 Å². The number of hydrogen-bond acceptors (Lipinski definition) is 4. The molecule has 1 N–H and O–H groups in total. The van der Waals surface area contributed by atoms with Crippen molar-refractivity contribution in [1.82, 2.24) is 4.98 Å². The third kappa shape index (κ3) is 3.10. The van der Waals surface area contributed by atoms with Crippen molar-refractivity contribution >= 4 is 27.5 Å². The molecule has 0 saturated heterocycles. The highest BCUT2D eigenvalue weighted by molar-refractivity contribution is 7.18. The molecular formula is C15H19NO3S. The zero-order valence-electron chi connectivity index (χ0n) is 11.9. The van der Waals surface area contributed by atoms with Crippen LogP contribution in [0, 0.1) is 0 Å². The standard InChI is InChI=1S/C15H19NO3S/c1-4-9(3)14-16-11-7-6-10(8-13(11)20-14)19-12(5-2)15(17)18/h6-9,12H,4-5H2,1-3H3,(H,17,18). The van der Waals surface area contributed by atoms with Crippen molar-refractivity contribution in [2.45, 2.75) is 45.6 Å². The Balaban J connectivity index is 2.26. The number of carboxylic acid groups (broad SMARTS) is 1. The van der Waals surface area contributed by atoms with Crippen molar-refractivity contribution in [3.8, 4) is 5.75 Å². The lowest BCUT2D eigenvalue weighted by molar-refractivity contribution is -0.145. The van der Waals surface area contributed by atoms with Gasteiger partial charge < -0.3 is 9.84 Å². The maximum atomic E-state index is 11.0. The van der Waals surface area contributed by atoms with E-state index in [-0.39, 0.29) is 0 Å². The second-order valence-corrected chi connectivity index (χ2v) is 5.91. The van der Waals surface area contributed by atoms with Crippen LogP contribution in [0.4, 0.5) is 0 Å². The molecule has 2 aromatic rings. The number of hydrogen-bond donors (Lipinski definition) is 1. The summed E-state index contributed by atoms with van der Waals surface area (Å²) in [5.41, 5.74) is 0.945. The monoisotopic (exact) mass is 293 g/mol. The number of carbonyl (C=O) groups is 1. The van der Waals surface area contributed by atoms with E-state index in [1.165, 1.54) is 0 Å². The van der Waals surface area contributed by atoms with E-state index in [1.807, 2.05) is 12.1 Å². The van der Waals surface area contributed by atoms with Gasteiger partial charge >= 0.3 is 5.97 Å². The number of thiazole rings is 1. The predicted molar refractivity (Wildman–Crippen MR) is 80.7 cm³/mol. The molecule has 0 saturated carbocycles. The smallest absolute Gasteiger partial charge is 0.344 e. The summed E-state index contributed by atoms with van der Waals surface area (Å²) in [4.78, 5) is 15.6. The quantitative estimate of drug-likeness (QED) is 0.872. The van der Waals surface area contributed by atoms with Crippen molar-refractivity contribution < 1.29 is 14.6 Å². The Labute approximate surface area is 122 Å². The molecule has 0 spiro atoms. The summed E-state index contributed by atoms with van der Waals surface area (Å²) in [5, 5.41) is 10.1. The van der Waals surface area contributed by atoms with Gasteiger partial charge in [0.25, 0.3) is 0 Å². The van der Waals surface area contributed by atoms with Crippen LogP contribution in [0.15, 0.2) is 18.2 Å². The molecule has 1 aromatic carbocycles. The Kier molecular flexibility index (Phi) is 4.60. The third-order valence-corrected chi connectivity index (χ3v) is 4.58. The minimum Gasteiger partial charge on any atom is -0.479 e. The number of rotatable bonds is 6. The fraction of sp³-hybridized carbons (Fsp3) is 0.467. The van der Waals surface area contributed by atoms with Crippen molar-refractivity contribution in [3.05, 3.63) is 23.2 Å². The minimum absolute atomic E-state index is 0.439. The van der Waals surface area contributed by atoms with Crippen LogP contribution >= 0.6 is 11.3 Å². The van der Waals surface area contributed by atoms with Crippen molar-refractivity contribution in [3.63, 3.8) is 0 Å². The molecule has 2 unspecified atom stereocenters. The first-order valence-corrected chi connectivity index (χ1v) is 7.66. The number of ether oxygens (including phenoxy) is 1. The second-order valence-electron chi connectivity index (χ2n) is 4.84. The lowest BCUT2D eigenvalue weighted by atomic mass is 10.1. The summed E-state index contributed by atoms with van der Waals surface area (Å²) in [7, 11) is 0. The van der Waals surface area contributed by atoms with Gasteiger partial charge in [-0.3, -0.25) is 0 Å². The van der Waals surface area contributed by atoms with Gasteiger partial charge in [-0.05, 0) is 31.0 Å². The van der Waals surface area contributed by atoms with Crippen LogP contribution < -0.4 is 4.74 Å². The first-order chi connectivity index (χ1) is 9.55. The molecule has 5 heteroatoms. The first-order valence-electron chi connectivity index (χ1n) is 6.85. The van der Waals surface area contributed by atoms with Gasteiger partial charge in [-0.25, -0.2) is 9.78 Å². The van der Waals surface area contributed by atoms with Crippen molar-refractivity contribution in [2.75, 3.05) is 0 Å². The molecule has 0 radical (unpaired) electrons. The first kappa shape index (κ1) is 14.8. The topological polar surface area (TPSA) is 59.4 Å². The molecule has 1 heterocycles. The normalized spacial score (nSPS) is 14.2. The third-order valence-electron chi connectivity index (χ3n) is 3.33. The highest BCUT2D eigenvalue weighted by Gasteiger charge is 2.17. The van der Waals surface area contributed by atoms with Crippen LogP contribution in [0.3, 0.4) is 0 Å². The van der Waals surface area contributed by atoms with Crippen LogP contribution in [0.25, 0.3) is 10.2 Å². The van der Waals surface area contributed by atoms with Crippen LogP contribution in [-0.4, -0.2) is 22.2 Å². The Hall–Kier alpha value is -1.62. The number of aromatic nitrogens is 1. The summed E-state index contributed by atoms with van der Waals surface area (Å²) in [5.74, 6) is 0.0995. The van der Waals surface area contributed by atoms with E-state index in [4.69, 9.17) is 9.84 Å². The van der Waals surface area contributed by atoms with E-state index in [0.717, 1.165) is 21.6 Å². The Bertz CT molecular complexity index is 608. The van der Waals surface area contributed by atoms with Crippen molar-refractivity contribution in [1.29, 1.82) is 0 Å². The van der Waals surface area contributed by atoms with Crippen molar-refractivity contribution in [2.24, 2.45) is 0 Å². The fourth-order valence-electron chi connectivity index (χ4n) is 1.85. The van der Waals surface area contributed by atoms with E-state index in [2.05, 4.69) is 18.8 Å². The average Bonchev–Trinajstić information content (AvgIpc) is 2.86. The molecule has 0 aliphatic heterocycles. The van der Waals surface area contributed by atoms with Gasteiger partial charge in [0, 0.05) is 5.92 Å². The number of benzene rings is 1. The van der Waals surface area contributed by atoms with Gasteiger partial charge in [0.2, 0.25) is 0 Å². The minimum atomic E-state index is -0.933. The van der Waals surface area contributed by atoms with E-state index in [1.54, 1.807) is 24.3 Å². The van der Waals surface area contributed by atoms with Crippen LogP contribution in [0.1, 0.15) is 44.5 Å². The lowest BCUT2D eigenvalue weighted by Gasteiger charge is -2.12. The summed E-state index contributed by atoms with van der Waals surface area (Å²) in [6.45, 7) is 6.10. The maximum Gasteiger partial charge on any atom is 0.344 e. The fourth-order valence-corrected chi connectivity index (χ4v) is 2.98. The van der Waals surface area contributed by atoms with E-state index < -0.39 is 12.1 Å². The molecule has 0 aliphatic carbocycles. The molecule has 2 atom stereocenters. The molecule has 1 aromatic heterocycles.